The Morgan fingerprint density at radius 2 is 1.89 bits per heavy atom. The Hall–Kier alpha value is -1.97. The van der Waals surface area contributed by atoms with Crippen LogP contribution in [-0.2, 0) is 0 Å². The fraction of sp³-hybridized carbons (Fsp3) is 0.400. The summed E-state index contributed by atoms with van der Waals surface area (Å²) in [5.74, 6) is 0. The van der Waals surface area contributed by atoms with Crippen LogP contribution in [0.1, 0.15) is 48.5 Å². The van der Waals surface area contributed by atoms with E-state index < -0.39 is 0 Å². The minimum Gasteiger partial charge on any atom is -0.298 e. The highest BCUT2D eigenvalue weighted by Crippen LogP contribution is 2.30. The second-order valence-corrected chi connectivity index (χ2v) is 5.06. The molecule has 1 aliphatic carbocycles. The van der Waals surface area contributed by atoms with E-state index in [9.17, 15) is 4.79 Å². The first-order chi connectivity index (χ1) is 9.38. The summed E-state index contributed by atoms with van der Waals surface area (Å²) in [5.41, 5.74) is 2.38. The number of nitrogens with zero attached hydrogens (tertiary/aromatic N) is 3. The summed E-state index contributed by atoms with van der Waals surface area (Å²) in [7, 11) is 0. The maximum atomic E-state index is 11.2. The third-order valence-electron chi connectivity index (χ3n) is 3.79. The number of hydrogen-bond acceptors (Lipinski definition) is 3. The Balaban J connectivity index is 1.96. The molecule has 1 saturated carbocycles. The average Bonchev–Trinajstić information content (AvgIpc) is 2.93. The molecule has 0 amide bonds. The van der Waals surface area contributed by atoms with Crippen LogP contribution in [0.15, 0.2) is 30.7 Å². The van der Waals surface area contributed by atoms with Crippen molar-refractivity contribution < 1.29 is 4.79 Å². The van der Waals surface area contributed by atoms with Gasteiger partial charge in [0.05, 0.1) is 11.6 Å². The Bertz CT molecular complexity index is 556. The van der Waals surface area contributed by atoms with E-state index in [2.05, 4.69) is 10.1 Å². The molecule has 1 aliphatic rings. The van der Waals surface area contributed by atoms with Gasteiger partial charge in [0.1, 0.15) is 5.69 Å². The zero-order chi connectivity index (χ0) is 13.1. The van der Waals surface area contributed by atoms with Gasteiger partial charge >= 0.3 is 0 Å². The molecule has 2 aromatic heterocycles. The predicted molar refractivity (Wildman–Crippen MR) is 73.0 cm³/mol. The second-order valence-electron chi connectivity index (χ2n) is 5.06. The molecule has 4 heteroatoms. The summed E-state index contributed by atoms with van der Waals surface area (Å²) in [6.45, 7) is 0. The molecule has 2 aromatic rings. The quantitative estimate of drug-likeness (QED) is 0.791. The Kier molecular flexibility index (Phi) is 3.40. The van der Waals surface area contributed by atoms with Gasteiger partial charge in [-0.15, -0.1) is 0 Å². The van der Waals surface area contributed by atoms with E-state index in [1.54, 1.807) is 12.4 Å². The third-order valence-corrected chi connectivity index (χ3v) is 3.79. The van der Waals surface area contributed by atoms with Gasteiger partial charge in [0.25, 0.3) is 0 Å². The second kappa shape index (κ2) is 5.34. The van der Waals surface area contributed by atoms with Crippen LogP contribution < -0.4 is 0 Å². The van der Waals surface area contributed by atoms with Crippen molar-refractivity contribution in [3.63, 3.8) is 0 Å². The maximum absolute atomic E-state index is 11.2. The molecule has 0 aromatic carbocycles. The van der Waals surface area contributed by atoms with Crippen LogP contribution in [0.2, 0.25) is 0 Å². The highest BCUT2D eigenvalue weighted by Gasteiger charge is 2.19. The highest BCUT2D eigenvalue weighted by molar-refractivity contribution is 5.85. The van der Waals surface area contributed by atoms with Gasteiger partial charge in [0.15, 0.2) is 6.29 Å². The number of aromatic nitrogens is 3. The highest BCUT2D eigenvalue weighted by atomic mass is 16.1. The molecule has 0 unspecified atom stereocenters. The average molecular weight is 255 g/mol. The first-order valence-electron chi connectivity index (χ1n) is 6.83. The maximum Gasteiger partial charge on any atom is 0.153 e. The summed E-state index contributed by atoms with van der Waals surface area (Å²) < 4.78 is 1.98. The Morgan fingerprint density at radius 3 is 2.58 bits per heavy atom. The monoisotopic (exact) mass is 255 g/mol. The lowest BCUT2D eigenvalue weighted by Gasteiger charge is -2.21. The topological polar surface area (TPSA) is 47.8 Å². The van der Waals surface area contributed by atoms with Crippen LogP contribution in [0.25, 0.3) is 11.3 Å². The van der Waals surface area contributed by atoms with E-state index in [0.717, 1.165) is 30.4 Å². The van der Waals surface area contributed by atoms with Crippen LogP contribution in [0.5, 0.6) is 0 Å². The molecule has 0 radical (unpaired) electrons. The van der Waals surface area contributed by atoms with Crippen LogP contribution >= 0.6 is 0 Å². The Morgan fingerprint density at radius 1 is 1.16 bits per heavy atom. The predicted octanol–water partition coefficient (Wildman–Crippen LogP) is 3.26. The molecule has 98 valence electrons. The van der Waals surface area contributed by atoms with E-state index in [1.807, 2.05) is 23.0 Å². The molecular formula is C15H17N3O. The summed E-state index contributed by atoms with van der Waals surface area (Å²) in [6.07, 6.45) is 12.4. The largest absolute Gasteiger partial charge is 0.298 e. The number of rotatable bonds is 3. The standard InChI is InChI=1S/C15H17N3O/c19-11-13-10-18(14-4-2-1-3-5-14)17-15(13)12-6-8-16-9-7-12/h6-11,14H,1-5H2. The van der Waals surface area contributed by atoms with E-state index in [4.69, 9.17) is 0 Å². The minimum absolute atomic E-state index is 0.447. The van der Waals surface area contributed by atoms with Crippen molar-refractivity contribution in [3.8, 4) is 11.3 Å². The lowest BCUT2D eigenvalue weighted by molar-refractivity contribution is 0.112. The summed E-state index contributed by atoms with van der Waals surface area (Å²) in [6, 6.07) is 4.23. The van der Waals surface area contributed by atoms with Gasteiger partial charge in [0.2, 0.25) is 0 Å². The van der Waals surface area contributed by atoms with Gasteiger partial charge < -0.3 is 0 Å². The molecule has 0 saturated heterocycles. The zero-order valence-electron chi connectivity index (χ0n) is 10.8. The van der Waals surface area contributed by atoms with Gasteiger partial charge in [0, 0.05) is 24.2 Å². The molecule has 2 heterocycles. The van der Waals surface area contributed by atoms with Crippen molar-refractivity contribution >= 4 is 6.29 Å². The van der Waals surface area contributed by atoms with Crippen molar-refractivity contribution in [3.05, 3.63) is 36.3 Å². The van der Waals surface area contributed by atoms with E-state index in [1.165, 1.54) is 19.3 Å². The number of aldehydes is 1. The number of carbonyl (C=O) groups is 1. The first kappa shape index (κ1) is 12.1. The normalized spacial score (nSPS) is 16.4. The molecular weight excluding hydrogens is 238 g/mol. The van der Waals surface area contributed by atoms with Gasteiger partial charge in [-0.05, 0) is 25.0 Å². The zero-order valence-corrected chi connectivity index (χ0v) is 10.8. The fourth-order valence-corrected chi connectivity index (χ4v) is 2.76. The van der Waals surface area contributed by atoms with E-state index in [-0.39, 0.29) is 0 Å². The first-order valence-corrected chi connectivity index (χ1v) is 6.83. The molecule has 1 fully saturated rings. The van der Waals surface area contributed by atoms with Crippen molar-refractivity contribution in [2.45, 2.75) is 38.1 Å². The summed E-state index contributed by atoms with van der Waals surface area (Å²) >= 11 is 0. The number of carbonyl (C=O) groups excluding carboxylic acids is 1. The fourth-order valence-electron chi connectivity index (χ4n) is 2.76. The Labute approximate surface area is 112 Å². The molecule has 19 heavy (non-hydrogen) atoms. The molecule has 0 N–H and O–H groups in total. The summed E-state index contributed by atoms with van der Waals surface area (Å²) in [4.78, 5) is 15.2. The van der Waals surface area contributed by atoms with Gasteiger partial charge in [-0.2, -0.15) is 5.10 Å². The lowest BCUT2D eigenvalue weighted by Crippen LogP contribution is -2.13. The molecule has 0 spiro atoms. The van der Waals surface area contributed by atoms with Gasteiger partial charge in [-0.1, -0.05) is 19.3 Å². The van der Waals surface area contributed by atoms with Crippen molar-refractivity contribution in [2.24, 2.45) is 0 Å². The number of pyridine rings is 1. The van der Waals surface area contributed by atoms with Crippen LogP contribution in [0.3, 0.4) is 0 Å². The molecule has 0 aliphatic heterocycles. The molecule has 4 nitrogen and oxygen atoms in total. The van der Waals surface area contributed by atoms with Gasteiger partial charge in [-0.25, -0.2) is 0 Å². The van der Waals surface area contributed by atoms with Crippen molar-refractivity contribution in [1.82, 2.24) is 14.8 Å². The summed E-state index contributed by atoms with van der Waals surface area (Å²) in [5, 5.41) is 4.63. The van der Waals surface area contributed by atoms with Crippen molar-refractivity contribution in [1.29, 1.82) is 0 Å². The SMILES string of the molecule is O=Cc1cn(C2CCCCC2)nc1-c1ccncc1. The molecule has 0 bridgehead atoms. The van der Waals surface area contributed by atoms with Gasteiger partial charge in [-0.3, -0.25) is 14.5 Å². The van der Waals surface area contributed by atoms with E-state index in [0.29, 0.717) is 11.6 Å². The number of hydrogen-bond donors (Lipinski definition) is 0. The third kappa shape index (κ3) is 2.43. The van der Waals surface area contributed by atoms with Crippen molar-refractivity contribution in [2.75, 3.05) is 0 Å². The van der Waals surface area contributed by atoms with Crippen LogP contribution in [-0.4, -0.2) is 21.1 Å². The van der Waals surface area contributed by atoms with E-state index >= 15 is 0 Å². The molecule has 3 rings (SSSR count). The molecule has 0 atom stereocenters. The van der Waals surface area contributed by atoms with Crippen LogP contribution in [0, 0.1) is 0 Å². The van der Waals surface area contributed by atoms with Crippen LogP contribution in [0.4, 0.5) is 0 Å². The smallest absolute Gasteiger partial charge is 0.153 e. The lowest BCUT2D eigenvalue weighted by atomic mass is 9.96. The minimum atomic E-state index is 0.447.